The van der Waals surface area contributed by atoms with Crippen LogP contribution in [0.3, 0.4) is 0 Å². The minimum atomic E-state index is -1.95. The second-order valence-electron chi connectivity index (χ2n) is 10.7. The van der Waals surface area contributed by atoms with Gasteiger partial charge in [0.05, 0.1) is 6.61 Å². The van der Waals surface area contributed by atoms with E-state index in [-0.39, 0.29) is 0 Å². The van der Waals surface area contributed by atoms with E-state index in [1.54, 1.807) is 0 Å². The third-order valence-corrected chi connectivity index (χ3v) is 29.9. The van der Waals surface area contributed by atoms with Crippen molar-refractivity contribution in [2.24, 2.45) is 0 Å². The van der Waals surface area contributed by atoms with Crippen LogP contribution in [-0.4, -0.2) is 48.9 Å². The zero-order valence-electron chi connectivity index (χ0n) is 19.7. The average Bonchev–Trinajstić information content (AvgIpc) is 2.28. The van der Waals surface area contributed by atoms with E-state index < -0.39 is 42.3 Å². The summed E-state index contributed by atoms with van der Waals surface area (Å²) >= 11 is 0. The minimum absolute atomic E-state index is 0.549. The van der Waals surface area contributed by atoms with E-state index in [1.165, 1.54) is 12.5 Å². The summed E-state index contributed by atoms with van der Waals surface area (Å²) in [6.07, 6.45) is 1.18. The van der Waals surface area contributed by atoms with E-state index in [1.807, 2.05) is 0 Å². The molecule has 0 aliphatic carbocycles. The largest absolute Gasteiger partial charge is 0.456 e. The van der Waals surface area contributed by atoms with Gasteiger partial charge in [0.2, 0.25) is 0 Å². The maximum atomic E-state index is 6.90. The van der Waals surface area contributed by atoms with Crippen molar-refractivity contribution in [3.8, 4) is 0 Å². The lowest BCUT2D eigenvalue weighted by molar-refractivity contribution is 0.350. The summed E-state index contributed by atoms with van der Waals surface area (Å²) in [5.74, 6) is 0. The van der Waals surface area contributed by atoms with Crippen LogP contribution in [-0.2, 0) is 12.7 Å². The Bertz CT molecular complexity index is 425. The Morgan fingerprint density at radius 2 is 1.23 bits per heavy atom. The Balaban J connectivity index is 6.00. The highest BCUT2D eigenvalue weighted by atomic mass is 28.5. The monoisotopic (exact) mass is 450 g/mol. The standard InChI is InChI=1S/C18H46O3Si5/c1-14-15-22(19-16-17(2)3)18(25(10,11)20-23(4,5)6)26(12,13)21-24(7,8)9/h18,22H,2,14-16H2,1,3-13H3. The van der Waals surface area contributed by atoms with Crippen LogP contribution in [0.25, 0.3) is 0 Å². The fraction of sp³-hybridized carbons (Fsp3) is 0.889. The van der Waals surface area contributed by atoms with Gasteiger partial charge in [-0.05, 0) is 78.4 Å². The SMILES string of the molecule is C=C(C)CO[SiH](CCC)C([Si](C)(C)O[Si](C)(C)C)[Si](C)(C)O[Si](C)(C)C. The molecule has 0 aromatic heterocycles. The van der Waals surface area contributed by atoms with Crippen LogP contribution < -0.4 is 0 Å². The number of rotatable bonds is 12. The molecular formula is C18H46O3Si5. The Morgan fingerprint density at radius 3 is 1.50 bits per heavy atom. The molecule has 0 aliphatic heterocycles. The molecule has 0 radical (unpaired) electrons. The zero-order chi connectivity index (χ0) is 21.0. The molecule has 1 unspecified atom stereocenters. The third kappa shape index (κ3) is 10.3. The summed E-state index contributed by atoms with van der Waals surface area (Å²) in [5, 5.41) is 0. The summed E-state index contributed by atoms with van der Waals surface area (Å²) in [6.45, 7) is 32.7. The second-order valence-corrected chi connectivity index (χ2v) is 33.0. The van der Waals surface area contributed by atoms with Crippen molar-refractivity contribution in [2.45, 2.75) is 96.6 Å². The van der Waals surface area contributed by atoms with Crippen molar-refractivity contribution in [3.05, 3.63) is 12.2 Å². The minimum Gasteiger partial charge on any atom is -0.456 e. The maximum Gasteiger partial charge on any atom is 0.179 e. The van der Waals surface area contributed by atoms with Gasteiger partial charge in [-0.3, -0.25) is 0 Å². The highest BCUT2D eigenvalue weighted by Crippen LogP contribution is 2.40. The van der Waals surface area contributed by atoms with Gasteiger partial charge in [0.1, 0.15) is 0 Å². The normalized spacial score (nSPS) is 15.4. The summed E-state index contributed by atoms with van der Waals surface area (Å²) in [5.41, 5.74) is 1.12. The van der Waals surface area contributed by atoms with Crippen LogP contribution in [0.4, 0.5) is 0 Å². The molecule has 0 fully saturated rings. The van der Waals surface area contributed by atoms with E-state index in [9.17, 15) is 0 Å². The van der Waals surface area contributed by atoms with E-state index in [0.29, 0.717) is 11.4 Å². The molecular weight excluding hydrogens is 405 g/mol. The molecule has 0 heterocycles. The van der Waals surface area contributed by atoms with Crippen LogP contribution in [0.2, 0.25) is 76.3 Å². The molecule has 1 atom stereocenters. The van der Waals surface area contributed by atoms with E-state index >= 15 is 0 Å². The van der Waals surface area contributed by atoms with Crippen molar-refractivity contribution < 1.29 is 12.7 Å². The smallest absolute Gasteiger partial charge is 0.179 e. The van der Waals surface area contributed by atoms with Gasteiger partial charge in [0.25, 0.3) is 0 Å². The molecule has 0 N–H and O–H groups in total. The van der Waals surface area contributed by atoms with Crippen molar-refractivity contribution >= 4 is 42.3 Å². The Morgan fingerprint density at radius 1 is 0.846 bits per heavy atom. The Hall–Kier alpha value is 0.704. The van der Waals surface area contributed by atoms with Gasteiger partial charge < -0.3 is 12.7 Å². The number of hydrogen-bond donors (Lipinski definition) is 0. The van der Waals surface area contributed by atoms with E-state index in [4.69, 9.17) is 12.7 Å². The molecule has 3 nitrogen and oxygen atoms in total. The lowest BCUT2D eigenvalue weighted by Gasteiger charge is -2.48. The molecule has 26 heavy (non-hydrogen) atoms. The molecule has 0 saturated carbocycles. The predicted octanol–water partition coefficient (Wildman–Crippen LogP) is 6.27. The fourth-order valence-electron chi connectivity index (χ4n) is 4.32. The molecule has 0 spiro atoms. The molecule has 156 valence electrons. The van der Waals surface area contributed by atoms with Crippen LogP contribution in [0.5, 0.6) is 0 Å². The average molecular weight is 451 g/mol. The van der Waals surface area contributed by atoms with E-state index in [0.717, 1.165) is 5.57 Å². The maximum absolute atomic E-state index is 6.90. The van der Waals surface area contributed by atoms with Gasteiger partial charge in [0.15, 0.2) is 42.3 Å². The van der Waals surface area contributed by atoms with Crippen LogP contribution in [0, 0.1) is 0 Å². The van der Waals surface area contributed by atoms with Gasteiger partial charge in [-0.15, -0.1) is 0 Å². The highest BCUT2D eigenvalue weighted by Gasteiger charge is 2.53. The molecule has 0 amide bonds. The van der Waals surface area contributed by atoms with Gasteiger partial charge >= 0.3 is 0 Å². The van der Waals surface area contributed by atoms with Crippen LogP contribution in [0.1, 0.15) is 20.3 Å². The van der Waals surface area contributed by atoms with Crippen LogP contribution in [0.15, 0.2) is 12.2 Å². The third-order valence-electron chi connectivity index (χ3n) is 4.13. The molecule has 0 rings (SSSR count). The van der Waals surface area contributed by atoms with Gasteiger partial charge in [-0.2, -0.15) is 0 Å². The first kappa shape index (κ1) is 26.7. The molecule has 0 aromatic rings. The summed E-state index contributed by atoms with van der Waals surface area (Å²) in [6, 6.07) is 1.20. The first-order valence-corrected chi connectivity index (χ1v) is 24.8. The number of hydrogen-bond acceptors (Lipinski definition) is 3. The Labute approximate surface area is 170 Å². The molecule has 8 heteroatoms. The first-order valence-electron chi connectivity index (χ1n) is 10.1. The second kappa shape index (κ2) is 9.95. The van der Waals surface area contributed by atoms with Crippen LogP contribution >= 0.6 is 0 Å². The van der Waals surface area contributed by atoms with Gasteiger partial charge in [-0.1, -0.05) is 25.5 Å². The van der Waals surface area contributed by atoms with Crippen molar-refractivity contribution in [1.29, 1.82) is 0 Å². The van der Waals surface area contributed by atoms with Crippen molar-refractivity contribution in [2.75, 3.05) is 6.61 Å². The fourth-order valence-corrected chi connectivity index (χ4v) is 37.4. The molecule has 0 aliphatic rings. The van der Waals surface area contributed by atoms with Crippen molar-refractivity contribution in [3.63, 3.8) is 0 Å². The summed E-state index contributed by atoms with van der Waals surface area (Å²) in [7, 11) is -8.61. The summed E-state index contributed by atoms with van der Waals surface area (Å²) < 4.78 is 20.4. The zero-order valence-corrected chi connectivity index (χ0v) is 24.9. The Kier molecular flexibility index (Phi) is 10.2. The highest BCUT2D eigenvalue weighted by molar-refractivity contribution is 7.07. The van der Waals surface area contributed by atoms with E-state index in [2.05, 4.69) is 85.9 Å². The summed E-state index contributed by atoms with van der Waals surface area (Å²) in [4.78, 5) is 0.549. The van der Waals surface area contributed by atoms with Gasteiger partial charge in [0, 0.05) is 4.79 Å². The van der Waals surface area contributed by atoms with Crippen molar-refractivity contribution in [1.82, 2.24) is 0 Å². The predicted molar refractivity (Wildman–Crippen MR) is 131 cm³/mol. The quantitative estimate of drug-likeness (QED) is 0.259. The topological polar surface area (TPSA) is 27.7 Å². The lowest BCUT2D eigenvalue weighted by Crippen LogP contribution is -2.62. The molecule has 0 aromatic carbocycles. The molecule has 0 saturated heterocycles. The first-order chi connectivity index (χ1) is 11.4. The lowest BCUT2D eigenvalue weighted by atomic mass is 10.4. The van der Waals surface area contributed by atoms with Gasteiger partial charge in [-0.25, -0.2) is 0 Å². The molecule has 0 bridgehead atoms.